The summed E-state index contributed by atoms with van der Waals surface area (Å²) >= 11 is 3.31. The smallest absolute Gasteiger partial charge is 0.344 e. The fourth-order valence-corrected chi connectivity index (χ4v) is 2.09. The highest BCUT2D eigenvalue weighted by Crippen LogP contribution is 2.19. The maximum absolute atomic E-state index is 12.3. The molecule has 0 fully saturated rings. The predicted molar refractivity (Wildman–Crippen MR) is 90.7 cm³/mol. The van der Waals surface area contributed by atoms with E-state index in [1.54, 1.807) is 48.5 Å². The van der Waals surface area contributed by atoms with Gasteiger partial charge in [0.25, 0.3) is 0 Å². The lowest BCUT2D eigenvalue weighted by atomic mass is 10.1. The van der Waals surface area contributed by atoms with E-state index >= 15 is 0 Å². The maximum atomic E-state index is 12.3. The molecule has 23 heavy (non-hydrogen) atoms. The van der Waals surface area contributed by atoms with Crippen molar-refractivity contribution in [3.05, 3.63) is 64.1 Å². The zero-order chi connectivity index (χ0) is 16.8. The number of benzene rings is 2. The Morgan fingerprint density at radius 2 is 1.52 bits per heavy atom. The maximum Gasteiger partial charge on any atom is 0.344 e. The van der Waals surface area contributed by atoms with E-state index in [1.165, 1.54) is 0 Å². The number of ether oxygens (including phenoxy) is 2. The van der Waals surface area contributed by atoms with Crippen LogP contribution in [-0.4, -0.2) is 18.5 Å². The highest BCUT2D eigenvalue weighted by atomic mass is 79.9. The molecule has 0 bridgehead atoms. The number of hydrogen-bond donors (Lipinski definition) is 0. The molecule has 0 spiro atoms. The van der Waals surface area contributed by atoms with Crippen LogP contribution in [0, 0.1) is 5.92 Å². The summed E-state index contributed by atoms with van der Waals surface area (Å²) in [4.78, 5) is 24.5. The van der Waals surface area contributed by atoms with Gasteiger partial charge < -0.3 is 9.47 Å². The molecule has 0 aromatic heterocycles. The Morgan fingerprint density at radius 3 is 2.09 bits per heavy atom. The minimum atomic E-state index is -0.593. The monoisotopic (exact) mass is 376 g/mol. The molecule has 2 aromatic rings. The van der Waals surface area contributed by atoms with Crippen LogP contribution in [0.5, 0.6) is 5.75 Å². The number of hydrogen-bond acceptors (Lipinski definition) is 4. The largest absolute Gasteiger partial charge is 0.462 e. The fraction of sp³-hybridized carbons (Fsp3) is 0.222. The third-order valence-electron chi connectivity index (χ3n) is 2.94. The van der Waals surface area contributed by atoms with Crippen LogP contribution in [0.1, 0.15) is 34.6 Å². The molecular weight excluding hydrogens is 360 g/mol. The number of carbonyl (C=O) groups excluding carboxylic acids is 2. The van der Waals surface area contributed by atoms with Gasteiger partial charge in [-0.1, -0.05) is 41.9 Å². The molecule has 0 heterocycles. The Balaban J connectivity index is 2.17. The van der Waals surface area contributed by atoms with E-state index in [1.807, 2.05) is 13.8 Å². The Bertz CT molecular complexity index is 692. The Morgan fingerprint density at radius 1 is 0.957 bits per heavy atom. The van der Waals surface area contributed by atoms with Gasteiger partial charge >= 0.3 is 11.9 Å². The molecule has 2 rings (SSSR count). The molecule has 0 radical (unpaired) electrons. The van der Waals surface area contributed by atoms with Crippen molar-refractivity contribution in [2.75, 3.05) is 6.61 Å². The van der Waals surface area contributed by atoms with Crippen LogP contribution in [0.2, 0.25) is 0 Å². The summed E-state index contributed by atoms with van der Waals surface area (Å²) < 4.78 is 11.4. The minimum absolute atomic E-state index is 0.184. The van der Waals surface area contributed by atoms with Gasteiger partial charge in [-0.05, 0) is 42.3 Å². The highest BCUT2D eigenvalue weighted by molar-refractivity contribution is 9.10. The standard InChI is InChI=1S/C18H17BrO4/c1-12(2)11-22-17(20)15-5-3-4-6-16(15)18(21)23-14-9-7-13(19)8-10-14/h3-10,12H,11H2,1-2H3. The lowest BCUT2D eigenvalue weighted by molar-refractivity contribution is 0.0452. The van der Waals surface area contributed by atoms with E-state index in [2.05, 4.69) is 15.9 Å². The third-order valence-corrected chi connectivity index (χ3v) is 3.47. The van der Waals surface area contributed by atoms with E-state index < -0.39 is 11.9 Å². The number of esters is 2. The van der Waals surface area contributed by atoms with Crippen molar-refractivity contribution >= 4 is 27.9 Å². The molecule has 0 unspecified atom stereocenters. The molecule has 5 heteroatoms. The lowest BCUT2D eigenvalue weighted by Gasteiger charge is -2.10. The van der Waals surface area contributed by atoms with Crippen LogP contribution >= 0.6 is 15.9 Å². The Labute approximate surface area is 143 Å². The SMILES string of the molecule is CC(C)COC(=O)c1ccccc1C(=O)Oc1ccc(Br)cc1. The van der Waals surface area contributed by atoms with Gasteiger partial charge in [0.1, 0.15) is 5.75 Å². The van der Waals surface area contributed by atoms with Crippen LogP contribution in [-0.2, 0) is 4.74 Å². The summed E-state index contributed by atoms with van der Waals surface area (Å²) in [7, 11) is 0. The van der Waals surface area contributed by atoms with Gasteiger partial charge in [-0.15, -0.1) is 0 Å². The quantitative estimate of drug-likeness (QED) is 0.570. The van der Waals surface area contributed by atoms with Crippen LogP contribution in [0.3, 0.4) is 0 Å². The molecule has 0 amide bonds. The van der Waals surface area contributed by atoms with E-state index in [4.69, 9.17) is 9.47 Å². The minimum Gasteiger partial charge on any atom is -0.462 e. The summed E-state index contributed by atoms with van der Waals surface area (Å²) in [5.41, 5.74) is 0.388. The van der Waals surface area contributed by atoms with Crippen molar-refractivity contribution in [3.63, 3.8) is 0 Å². The molecule has 0 saturated carbocycles. The molecule has 0 aliphatic heterocycles. The van der Waals surface area contributed by atoms with Gasteiger partial charge in [-0.25, -0.2) is 9.59 Å². The molecule has 0 aliphatic carbocycles. The Kier molecular flexibility index (Phi) is 5.93. The predicted octanol–water partition coefficient (Wildman–Crippen LogP) is 4.48. The average molecular weight is 377 g/mol. The summed E-state index contributed by atoms with van der Waals surface area (Å²) in [5, 5.41) is 0. The third kappa shape index (κ3) is 4.93. The van der Waals surface area contributed by atoms with Crippen molar-refractivity contribution in [3.8, 4) is 5.75 Å². The first kappa shape index (κ1) is 17.2. The topological polar surface area (TPSA) is 52.6 Å². The zero-order valence-corrected chi connectivity index (χ0v) is 14.5. The molecular formula is C18H17BrO4. The van der Waals surface area contributed by atoms with Crippen molar-refractivity contribution in [2.24, 2.45) is 5.92 Å². The summed E-state index contributed by atoms with van der Waals surface area (Å²) in [6.07, 6.45) is 0. The summed E-state index contributed by atoms with van der Waals surface area (Å²) in [5.74, 6) is -0.490. The van der Waals surface area contributed by atoms with Gasteiger partial charge in [-0.2, -0.15) is 0 Å². The van der Waals surface area contributed by atoms with Gasteiger partial charge in [0.05, 0.1) is 17.7 Å². The van der Waals surface area contributed by atoms with Crippen LogP contribution in [0.15, 0.2) is 53.0 Å². The van der Waals surface area contributed by atoms with E-state index in [-0.39, 0.29) is 17.0 Å². The second-order valence-electron chi connectivity index (χ2n) is 5.38. The van der Waals surface area contributed by atoms with E-state index in [9.17, 15) is 9.59 Å². The van der Waals surface area contributed by atoms with Crippen molar-refractivity contribution in [2.45, 2.75) is 13.8 Å². The average Bonchev–Trinajstić information content (AvgIpc) is 2.54. The van der Waals surface area contributed by atoms with Gasteiger partial charge in [-0.3, -0.25) is 0 Å². The van der Waals surface area contributed by atoms with Gasteiger partial charge in [0, 0.05) is 4.47 Å². The molecule has 4 nitrogen and oxygen atoms in total. The zero-order valence-electron chi connectivity index (χ0n) is 12.9. The molecule has 0 aliphatic rings. The van der Waals surface area contributed by atoms with Crippen molar-refractivity contribution in [1.29, 1.82) is 0 Å². The van der Waals surface area contributed by atoms with Crippen molar-refractivity contribution in [1.82, 2.24) is 0 Å². The second-order valence-corrected chi connectivity index (χ2v) is 6.30. The first-order valence-electron chi connectivity index (χ1n) is 7.21. The van der Waals surface area contributed by atoms with E-state index in [0.717, 1.165) is 4.47 Å². The normalized spacial score (nSPS) is 10.4. The van der Waals surface area contributed by atoms with Crippen LogP contribution in [0.4, 0.5) is 0 Å². The molecule has 2 aromatic carbocycles. The molecule has 0 saturated heterocycles. The number of carbonyl (C=O) groups is 2. The summed E-state index contributed by atoms with van der Waals surface area (Å²) in [6, 6.07) is 13.3. The lowest BCUT2D eigenvalue weighted by Crippen LogP contribution is -2.17. The van der Waals surface area contributed by atoms with Crippen LogP contribution < -0.4 is 4.74 Å². The highest BCUT2D eigenvalue weighted by Gasteiger charge is 2.19. The van der Waals surface area contributed by atoms with E-state index in [0.29, 0.717) is 12.4 Å². The van der Waals surface area contributed by atoms with Crippen molar-refractivity contribution < 1.29 is 19.1 Å². The van der Waals surface area contributed by atoms with Gasteiger partial charge in [0.2, 0.25) is 0 Å². The van der Waals surface area contributed by atoms with Gasteiger partial charge in [0.15, 0.2) is 0 Å². The first-order valence-corrected chi connectivity index (χ1v) is 8.00. The first-order chi connectivity index (χ1) is 11.0. The van der Waals surface area contributed by atoms with Crippen LogP contribution in [0.25, 0.3) is 0 Å². The Hall–Kier alpha value is -2.14. The number of halogens is 1. The number of rotatable bonds is 5. The fourth-order valence-electron chi connectivity index (χ4n) is 1.82. The second kappa shape index (κ2) is 7.92. The molecule has 0 atom stereocenters. The summed E-state index contributed by atoms with van der Waals surface area (Å²) in [6.45, 7) is 4.19. The molecule has 120 valence electrons. The molecule has 0 N–H and O–H groups in total.